The lowest BCUT2D eigenvalue weighted by atomic mass is 10.2. The lowest BCUT2D eigenvalue weighted by molar-refractivity contribution is -0.109. The molecule has 0 aliphatic heterocycles. The van der Waals surface area contributed by atoms with Gasteiger partial charge < -0.3 is 20.4 Å². The predicted octanol–water partition coefficient (Wildman–Crippen LogP) is 2.95. The van der Waals surface area contributed by atoms with Crippen LogP contribution < -0.4 is 10.6 Å². The normalized spacial score (nSPS) is 16.4. The Morgan fingerprint density at radius 3 is 2.63 bits per heavy atom. The first-order valence-corrected chi connectivity index (χ1v) is 10.5. The molecular weight excluding hydrogens is 378 g/mol. The summed E-state index contributed by atoms with van der Waals surface area (Å²) in [6.45, 7) is 0.959. The molecule has 7 heteroatoms. The highest BCUT2D eigenvalue weighted by Gasteiger charge is 2.33. The maximum Gasteiger partial charge on any atom is 0.255 e. The van der Waals surface area contributed by atoms with Gasteiger partial charge in [0.1, 0.15) is 11.8 Å². The van der Waals surface area contributed by atoms with E-state index in [4.69, 9.17) is 0 Å². The Hall–Kier alpha value is -3.06. The smallest absolute Gasteiger partial charge is 0.255 e. The minimum absolute atomic E-state index is 0.257. The molecule has 30 heavy (non-hydrogen) atoms. The number of H-pyrrole nitrogens is 1. The summed E-state index contributed by atoms with van der Waals surface area (Å²) in [6, 6.07) is 9.95. The van der Waals surface area contributed by atoms with E-state index < -0.39 is 0 Å². The molecule has 2 saturated carbocycles. The van der Waals surface area contributed by atoms with Crippen molar-refractivity contribution in [3.8, 4) is 0 Å². The Morgan fingerprint density at radius 1 is 1.23 bits per heavy atom. The quantitative estimate of drug-likeness (QED) is 0.525. The molecule has 0 spiro atoms. The molecular formula is C23H27N5O2. The van der Waals surface area contributed by atoms with E-state index in [1.807, 2.05) is 25.2 Å². The zero-order chi connectivity index (χ0) is 20.9. The third kappa shape index (κ3) is 4.91. The van der Waals surface area contributed by atoms with Gasteiger partial charge in [-0.3, -0.25) is 4.79 Å². The van der Waals surface area contributed by atoms with E-state index in [1.54, 1.807) is 12.4 Å². The highest BCUT2D eigenvalue weighted by atomic mass is 16.2. The molecule has 156 valence electrons. The van der Waals surface area contributed by atoms with Crippen LogP contribution in [0.3, 0.4) is 0 Å². The zero-order valence-electron chi connectivity index (χ0n) is 17.1. The summed E-state index contributed by atoms with van der Waals surface area (Å²) in [5, 5.41) is 5.88. The molecule has 5 rings (SSSR count). The fourth-order valence-electron chi connectivity index (χ4n) is 3.40. The molecule has 2 fully saturated rings. The van der Waals surface area contributed by atoms with E-state index in [1.165, 1.54) is 5.56 Å². The third-order valence-corrected chi connectivity index (χ3v) is 5.44. The largest absolute Gasteiger partial charge is 0.344 e. The number of carbonyl (C=O) groups excluding carboxylic acids is 2. The number of aldehydes is 1. The number of hydrogen-bond donors (Lipinski definition) is 3. The number of aromatic amines is 1. The Balaban J connectivity index is 0.000000204. The van der Waals surface area contributed by atoms with Gasteiger partial charge in [-0.15, -0.1) is 0 Å². The SMILES string of the molecule is CNCc1ccccc1.O=CC(NC(=O)c1c[nH]c2ncc(C3CC3)nc12)C1CC1. The monoisotopic (exact) mass is 405 g/mol. The molecule has 1 unspecified atom stereocenters. The fourth-order valence-corrected chi connectivity index (χ4v) is 3.40. The van der Waals surface area contributed by atoms with E-state index in [2.05, 4.69) is 37.7 Å². The van der Waals surface area contributed by atoms with Gasteiger partial charge in [0.25, 0.3) is 5.91 Å². The lowest BCUT2D eigenvalue weighted by Crippen LogP contribution is -2.37. The van der Waals surface area contributed by atoms with E-state index in [9.17, 15) is 9.59 Å². The number of amides is 1. The summed E-state index contributed by atoms with van der Waals surface area (Å²) in [5.41, 5.74) is 3.95. The molecule has 0 bridgehead atoms. The molecule has 1 amide bonds. The number of carbonyl (C=O) groups is 2. The summed E-state index contributed by atoms with van der Waals surface area (Å²) in [6.07, 6.45) is 8.50. The fraction of sp³-hybridized carbons (Fsp3) is 0.391. The van der Waals surface area contributed by atoms with Crippen molar-refractivity contribution in [2.24, 2.45) is 5.92 Å². The second-order valence-electron chi connectivity index (χ2n) is 7.96. The van der Waals surface area contributed by atoms with Crippen LogP contribution in [0, 0.1) is 5.92 Å². The van der Waals surface area contributed by atoms with Crippen LogP contribution in [-0.4, -0.2) is 40.2 Å². The maximum atomic E-state index is 12.4. The molecule has 7 nitrogen and oxygen atoms in total. The minimum Gasteiger partial charge on any atom is -0.344 e. The summed E-state index contributed by atoms with van der Waals surface area (Å²) in [4.78, 5) is 35.3. The van der Waals surface area contributed by atoms with Crippen LogP contribution in [0.15, 0.2) is 42.7 Å². The van der Waals surface area contributed by atoms with Gasteiger partial charge in [-0.05, 0) is 44.2 Å². The first kappa shape index (κ1) is 20.2. The molecule has 2 aliphatic rings. The van der Waals surface area contributed by atoms with Gasteiger partial charge in [0.15, 0.2) is 5.65 Å². The topological polar surface area (TPSA) is 99.8 Å². The van der Waals surface area contributed by atoms with Crippen LogP contribution in [-0.2, 0) is 11.3 Å². The number of nitrogens with zero attached hydrogens (tertiary/aromatic N) is 2. The van der Waals surface area contributed by atoms with Crippen molar-refractivity contribution in [2.75, 3.05) is 7.05 Å². The van der Waals surface area contributed by atoms with Gasteiger partial charge >= 0.3 is 0 Å². The second kappa shape index (κ2) is 9.17. The number of nitrogens with one attached hydrogen (secondary N) is 3. The Morgan fingerprint density at radius 2 is 2.00 bits per heavy atom. The standard InChI is InChI=1S/C15H16N4O2.C8H11N/c20-7-12(9-3-4-9)19-15(21)10-5-16-14-13(10)18-11(6-17-14)8-1-2-8;1-9-7-8-5-3-2-4-6-8/h5-9,12H,1-4H2,(H,16,17)(H,19,21);2-6,9H,7H2,1H3. The Labute approximate surface area is 175 Å². The van der Waals surface area contributed by atoms with Crippen molar-refractivity contribution in [3.05, 3.63) is 59.5 Å². The van der Waals surface area contributed by atoms with Crippen molar-refractivity contribution in [1.29, 1.82) is 0 Å². The van der Waals surface area contributed by atoms with E-state index in [0.29, 0.717) is 28.6 Å². The van der Waals surface area contributed by atoms with E-state index >= 15 is 0 Å². The number of hydrogen-bond acceptors (Lipinski definition) is 5. The van der Waals surface area contributed by atoms with Gasteiger partial charge in [-0.25, -0.2) is 9.97 Å². The molecule has 3 N–H and O–H groups in total. The Kier molecular flexibility index (Phi) is 6.18. The maximum absolute atomic E-state index is 12.4. The highest BCUT2D eigenvalue weighted by molar-refractivity contribution is 6.05. The van der Waals surface area contributed by atoms with Gasteiger partial charge in [0, 0.05) is 18.7 Å². The molecule has 2 heterocycles. The van der Waals surface area contributed by atoms with Crippen LogP contribution in [0.2, 0.25) is 0 Å². The van der Waals surface area contributed by atoms with Gasteiger partial charge in [-0.2, -0.15) is 0 Å². The van der Waals surface area contributed by atoms with Crippen LogP contribution in [0.25, 0.3) is 11.2 Å². The first-order chi connectivity index (χ1) is 14.7. The van der Waals surface area contributed by atoms with Crippen LogP contribution in [0.5, 0.6) is 0 Å². The van der Waals surface area contributed by atoms with Crippen LogP contribution >= 0.6 is 0 Å². The molecule has 0 saturated heterocycles. The number of aromatic nitrogens is 3. The summed E-state index contributed by atoms with van der Waals surface area (Å²) in [7, 11) is 1.95. The predicted molar refractivity (Wildman–Crippen MR) is 115 cm³/mol. The summed E-state index contributed by atoms with van der Waals surface area (Å²) in [5.74, 6) is 0.527. The zero-order valence-corrected chi connectivity index (χ0v) is 17.1. The number of fused-ring (bicyclic) bond motifs is 1. The van der Waals surface area contributed by atoms with Gasteiger partial charge in [0.2, 0.25) is 0 Å². The average Bonchev–Trinajstić information content (AvgIpc) is 3.70. The van der Waals surface area contributed by atoms with E-state index in [-0.39, 0.29) is 11.9 Å². The molecule has 3 aromatic rings. The molecule has 2 aromatic heterocycles. The lowest BCUT2D eigenvalue weighted by Gasteiger charge is -2.10. The molecule has 2 aliphatic carbocycles. The van der Waals surface area contributed by atoms with Crippen molar-refractivity contribution in [1.82, 2.24) is 25.6 Å². The number of rotatable bonds is 7. The van der Waals surface area contributed by atoms with Crippen molar-refractivity contribution < 1.29 is 9.59 Å². The molecule has 1 aromatic carbocycles. The minimum atomic E-state index is -0.387. The third-order valence-electron chi connectivity index (χ3n) is 5.44. The van der Waals surface area contributed by atoms with E-state index in [0.717, 1.165) is 44.2 Å². The van der Waals surface area contributed by atoms with Crippen LogP contribution in [0.1, 0.15) is 53.2 Å². The van der Waals surface area contributed by atoms with Gasteiger partial charge in [-0.1, -0.05) is 30.3 Å². The number of benzene rings is 1. The average molecular weight is 406 g/mol. The second-order valence-corrected chi connectivity index (χ2v) is 7.96. The summed E-state index contributed by atoms with van der Waals surface area (Å²) >= 11 is 0. The molecule has 1 atom stereocenters. The van der Waals surface area contributed by atoms with Crippen molar-refractivity contribution >= 4 is 23.4 Å². The van der Waals surface area contributed by atoms with Gasteiger partial charge in [0.05, 0.1) is 23.5 Å². The van der Waals surface area contributed by atoms with Crippen LogP contribution in [0.4, 0.5) is 0 Å². The Bertz CT molecular complexity index is 1010. The highest BCUT2D eigenvalue weighted by Crippen LogP contribution is 2.39. The summed E-state index contributed by atoms with van der Waals surface area (Å²) < 4.78 is 0. The first-order valence-electron chi connectivity index (χ1n) is 10.5. The van der Waals surface area contributed by atoms with Crippen molar-refractivity contribution in [2.45, 2.75) is 44.2 Å². The molecule has 0 radical (unpaired) electrons. The van der Waals surface area contributed by atoms with Crippen molar-refractivity contribution in [3.63, 3.8) is 0 Å².